The van der Waals surface area contributed by atoms with Crippen molar-refractivity contribution in [2.45, 2.75) is 46.1 Å². The Morgan fingerprint density at radius 2 is 1.88 bits per heavy atom. The van der Waals surface area contributed by atoms with Gasteiger partial charge >= 0.3 is 5.69 Å². The molecule has 1 aromatic carbocycles. The van der Waals surface area contributed by atoms with Crippen LogP contribution >= 0.6 is 0 Å². The van der Waals surface area contributed by atoms with E-state index in [4.69, 9.17) is 4.74 Å². The van der Waals surface area contributed by atoms with Gasteiger partial charge in [0, 0.05) is 31.4 Å². The molecule has 9 heteroatoms. The van der Waals surface area contributed by atoms with Gasteiger partial charge in [0.2, 0.25) is 0 Å². The molecule has 2 atom stereocenters. The first-order chi connectivity index (χ1) is 15.4. The van der Waals surface area contributed by atoms with E-state index in [1.807, 2.05) is 19.1 Å². The number of rotatable bonds is 4. The zero-order chi connectivity index (χ0) is 22.4. The van der Waals surface area contributed by atoms with Crippen molar-refractivity contribution < 1.29 is 9.13 Å². The Kier molecular flexibility index (Phi) is 5.22. The van der Waals surface area contributed by atoms with Crippen molar-refractivity contribution in [1.82, 2.24) is 29.0 Å². The van der Waals surface area contributed by atoms with Gasteiger partial charge in [0.1, 0.15) is 17.8 Å². The van der Waals surface area contributed by atoms with E-state index >= 15 is 0 Å². The standard InChI is InChI=1S/C23H25FN6O2/c1-14-4-5-18(20(24)6-14)12-29-21-19(22-26-13-27-30(22)23(29)31)7-17(8-25-21)11-28-9-15(2)32-16(3)10-28/h4-8,13,15-16H,9-12H2,1-3H3/t15-,16+. The summed E-state index contributed by atoms with van der Waals surface area (Å²) < 4.78 is 23.1. The van der Waals surface area contributed by atoms with Crippen molar-refractivity contribution in [3.63, 3.8) is 0 Å². The van der Waals surface area contributed by atoms with Gasteiger partial charge in [-0.1, -0.05) is 12.1 Å². The Bertz CT molecular complexity index is 1350. The molecule has 8 nitrogen and oxygen atoms in total. The molecule has 0 N–H and O–H groups in total. The van der Waals surface area contributed by atoms with E-state index in [0.717, 1.165) is 24.2 Å². The third-order valence-corrected chi connectivity index (χ3v) is 5.82. The monoisotopic (exact) mass is 436 g/mol. The van der Waals surface area contributed by atoms with Crippen molar-refractivity contribution in [3.05, 3.63) is 69.8 Å². The number of aryl methyl sites for hydroxylation is 1. The molecule has 4 aromatic rings. The van der Waals surface area contributed by atoms with Gasteiger partial charge in [-0.2, -0.15) is 9.61 Å². The average Bonchev–Trinajstić information content (AvgIpc) is 3.22. The highest BCUT2D eigenvalue weighted by molar-refractivity contribution is 5.89. The Balaban J connectivity index is 1.58. The van der Waals surface area contributed by atoms with E-state index in [-0.39, 0.29) is 24.6 Å². The Morgan fingerprint density at radius 1 is 1.09 bits per heavy atom. The van der Waals surface area contributed by atoms with Crippen molar-refractivity contribution in [2.75, 3.05) is 13.1 Å². The van der Waals surface area contributed by atoms with Gasteiger partial charge in [0.15, 0.2) is 5.65 Å². The SMILES string of the molecule is Cc1ccc(Cn2c(=O)n3ncnc3c3cc(CN4C[C@@H](C)O[C@@H](C)C4)cnc32)c(F)c1. The number of ether oxygens (including phenoxy) is 1. The van der Waals surface area contributed by atoms with Crippen LogP contribution in [0.2, 0.25) is 0 Å². The maximum atomic E-state index is 14.5. The first kappa shape index (κ1) is 20.7. The maximum Gasteiger partial charge on any atom is 0.352 e. The summed E-state index contributed by atoms with van der Waals surface area (Å²) in [5.41, 5.74) is 2.76. The third-order valence-electron chi connectivity index (χ3n) is 5.82. The second kappa shape index (κ2) is 8.07. The number of benzene rings is 1. The number of aromatic nitrogens is 5. The fourth-order valence-electron chi connectivity index (χ4n) is 4.50. The van der Waals surface area contributed by atoms with Gasteiger partial charge in [-0.3, -0.25) is 9.47 Å². The molecule has 0 amide bonds. The highest BCUT2D eigenvalue weighted by Crippen LogP contribution is 2.21. The van der Waals surface area contributed by atoms with Crippen LogP contribution in [0, 0.1) is 12.7 Å². The predicted molar refractivity (Wildman–Crippen MR) is 118 cm³/mol. The summed E-state index contributed by atoms with van der Waals surface area (Å²) in [7, 11) is 0. The van der Waals surface area contributed by atoms with E-state index in [1.165, 1.54) is 21.5 Å². The van der Waals surface area contributed by atoms with Gasteiger partial charge < -0.3 is 4.74 Å². The lowest BCUT2D eigenvalue weighted by atomic mass is 10.1. The molecule has 0 spiro atoms. The lowest BCUT2D eigenvalue weighted by Crippen LogP contribution is -2.44. The Morgan fingerprint density at radius 3 is 2.62 bits per heavy atom. The van der Waals surface area contributed by atoms with Crippen LogP contribution in [-0.4, -0.2) is 54.3 Å². The Labute approximate surface area is 184 Å². The van der Waals surface area contributed by atoms with Crippen molar-refractivity contribution >= 4 is 16.7 Å². The number of hydrogen-bond acceptors (Lipinski definition) is 6. The lowest BCUT2D eigenvalue weighted by molar-refractivity contribution is -0.0705. The molecule has 166 valence electrons. The molecule has 0 bridgehead atoms. The number of hydrogen-bond donors (Lipinski definition) is 0. The molecule has 1 aliphatic rings. The molecule has 0 aliphatic carbocycles. The third kappa shape index (κ3) is 3.78. The minimum Gasteiger partial charge on any atom is -0.373 e. The molecule has 0 radical (unpaired) electrons. The lowest BCUT2D eigenvalue weighted by Gasteiger charge is -2.35. The topological polar surface area (TPSA) is 77.5 Å². The molecule has 5 rings (SSSR count). The van der Waals surface area contributed by atoms with Crippen LogP contribution in [0.1, 0.15) is 30.5 Å². The van der Waals surface area contributed by atoms with E-state index in [1.54, 1.807) is 12.3 Å². The molecule has 1 saturated heterocycles. The highest BCUT2D eigenvalue weighted by Gasteiger charge is 2.23. The maximum absolute atomic E-state index is 14.5. The normalized spacial score (nSPS) is 19.8. The van der Waals surface area contributed by atoms with Crippen LogP contribution in [-0.2, 0) is 17.8 Å². The summed E-state index contributed by atoms with van der Waals surface area (Å²) in [5, 5.41) is 4.81. The quantitative estimate of drug-likeness (QED) is 0.489. The highest BCUT2D eigenvalue weighted by atomic mass is 19.1. The fourth-order valence-corrected chi connectivity index (χ4v) is 4.50. The molecule has 1 aliphatic heterocycles. The molecule has 32 heavy (non-hydrogen) atoms. The van der Waals surface area contributed by atoms with Crippen LogP contribution in [0.3, 0.4) is 0 Å². The molecule has 4 heterocycles. The van der Waals surface area contributed by atoms with Crippen LogP contribution in [0.4, 0.5) is 4.39 Å². The average molecular weight is 436 g/mol. The molecule has 1 fully saturated rings. The summed E-state index contributed by atoms with van der Waals surface area (Å²) in [5.74, 6) is -0.351. The number of pyridine rings is 1. The molecular weight excluding hydrogens is 411 g/mol. The second-order valence-electron chi connectivity index (χ2n) is 8.63. The van der Waals surface area contributed by atoms with Gasteiger partial charge in [-0.25, -0.2) is 19.2 Å². The zero-order valence-electron chi connectivity index (χ0n) is 18.3. The zero-order valence-corrected chi connectivity index (χ0v) is 18.3. The molecule has 0 saturated carbocycles. The van der Waals surface area contributed by atoms with Gasteiger partial charge in [-0.05, 0) is 44.0 Å². The summed E-state index contributed by atoms with van der Waals surface area (Å²) in [4.78, 5) is 24.3. The molecular formula is C23H25FN6O2. The smallest absolute Gasteiger partial charge is 0.352 e. The van der Waals surface area contributed by atoms with Crippen LogP contribution in [0.15, 0.2) is 41.6 Å². The van der Waals surface area contributed by atoms with Crippen molar-refractivity contribution in [2.24, 2.45) is 0 Å². The number of nitrogens with zero attached hydrogens (tertiary/aromatic N) is 6. The van der Waals surface area contributed by atoms with Gasteiger partial charge in [0.25, 0.3) is 0 Å². The van der Waals surface area contributed by atoms with Crippen molar-refractivity contribution in [1.29, 1.82) is 0 Å². The van der Waals surface area contributed by atoms with Crippen LogP contribution in [0.25, 0.3) is 16.7 Å². The minimum absolute atomic E-state index is 0.0576. The summed E-state index contributed by atoms with van der Waals surface area (Å²) in [6.45, 7) is 8.43. The first-order valence-corrected chi connectivity index (χ1v) is 10.7. The molecule has 3 aromatic heterocycles. The number of morpholine rings is 1. The fraction of sp³-hybridized carbons (Fsp3) is 0.391. The minimum atomic E-state index is -0.402. The Hall–Kier alpha value is -3.17. The van der Waals surface area contributed by atoms with Gasteiger partial charge in [0.05, 0.1) is 24.1 Å². The first-order valence-electron chi connectivity index (χ1n) is 10.7. The largest absolute Gasteiger partial charge is 0.373 e. The van der Waals surface area contributed by atoms with Gasteiger partial charge in [-0.15, -0.1) is 0 Å². The second-order valence-corrected chi connectivity index (χ2v) is 8.63. The van der Waals surface area contributed by atoms with E-state index in [2.05, 4.69) is 33.8 Å². The number of fused-ring (bicyclic) bond motifs is 3. The molecule has 0 unspecified atom stereocenters. The predicted octanol–water partition coefficient (Wildman–Crippen LogP) is 2.54. The van der Waals surface area contributed by atoms with Crippen molar-refractivity contribution in [3.8, 4) is 0 Å². The van der Waals surface area contributed by atoms with Crippen LogP contribution < -0.4 is 5.69 Å². The summed E-state index contributed by atoms with van der Waals surface area (Å²) in [6, 6.07) is 6.99. The summed E-state index contributed by atoms with van der Waals surface area (Å²) >= 11 is 0. The number of halogens is 1. The van der Waals surface area contributed by atoms with E-state index in [0.29, 0.717) is 28.8 Å². The van der Waals surface area contributed by atoms with E-state index < -0.39 is 5.69 Å². The van der Waals surface area contributed by atoms with E-state index in [9.17, 15) is 9.18 Å². The summed E-state index contributed by atoms with van der Waals surface area (Å²) in [6.07, 6.45) is 3.47. The van der Waals surface area contributed by atoms with Crippen LogP contribution in [0.5, 0.6) is 0 Å².